The fourth-order valence-electron chi connectivity index (χ4n) is 1.49. The number of hydrogen-bond donors (Lipinski definition) is 2. The number of amides is 1. The van der Waals surface area contributed by atoms with Gasteiger partial charge in [-0.2, -0.15) is 0 Å². The van der Waals surface area contributed by atoms with Gasteiger partial charge in [-0.3, -0.25) is 9.00 Å². The summed E-state index contributed by atoms with van der Waals surface area (Å²) < 4.78 is 12.0. The van der Waals surface area contributed by atoms with Crippen LogP contribution in [0.1, 0.15) is 25.8 Å². The van der Waals surface area contributed by atoms with Crippen molar-refractivity contribution in [1.29, 1.82) is 0 Å². The molecule has 0 saturated carbocycles. The Morgan fingerprint density at radius 2 is 2.17 bits per heavy atom. The molecular weight excluding hydrogens is 248 g/mol. The van der Waals surface area contributed by atoms with Crippen molar-refractivity contribution < 1.29 is 9.00 Å². The van der Waals surface area contributed by atoms with E-state index in [4.69, 9.17) is 5.73 Å². The number of nitrogens with two attached hydrogens (primary N) is 1. The molecule has 0 aliphatic carbocycles. The van der Waals surface area contributed by atoms with Crippen LogP contribution in [0.3, 0.4) is 0 Å². The molecule has 100 valence electrons. The number of rotatable bonds is 5. The van der Waals surface area contributed by atoms with E-state index < -0.39 is 10.8 Å². The number of carbonyl (C=O) groups is 1. The van der Waals surface area contributed by atoms with Crippen molar-refractivity contribution >= 4 is 22.4 Å². The third-order valence-corrected chi connectivity index (χ3v) is 4.08. The fraction of sp³-hybridized carbons (Fsp3) is 0.462. The Labute approximate surface area is 110 Å². The quantitative estimate of drug-likeness (QED) is 0.797. The number of nitrogens with one attached hydrogen (secondary N) is 1. The smallest absolute Gasteiger partial charge is 0.233 e. The molecular formula is C13H20N2O2S. The molecule has 1 aromatic carbocycles. The summed E-state index contributed by atoms with van der Waals surface area (Å²) in [6.07, 6.45) is 0.852. The molecule has 0 fully saturated rings. The number of benzene rings is 1. The van der Waals surface area contributed by atoms with Crippen LogP contribution in [0.5, 0.6) is 0 Å². The van der Waals surface area contributed by atoms with Gasteiger partial charge in [-0.25, -0.2) is 0 Å². The van der Waals surface area contributed by atoms with Gasteiger partial charge in [-0.1, -0.05) is 13.0 Å². The number of aryl methyl sites for hydroxylation is 1. The van der Waals surface area contributed by atoms with Gasteiger partial charge in [0.15, 0.2) is 0 Å². The Hall–Kier alpha value is -1.36. The van der Waals surface area contributed by atoms with Crippen LogP contribution < -0.4 is 11.1 Å². The predicted octanol–water partition coefficient (Wildman–Crippen LogP) is 1.60. The SMILES string of the molecule is CCC(C)NC(=O)CS(=O)c1ccc(C)cc1N. The van der Waals surface area contributed by atoms with Gasteiger partial charge in [0.05, 0.1) is 15.7 Å². The highest BCUT2D eigenvalue weighted by Gasteiger charge is 2.14. The second-order valence-electron chi connectivity index (χ2n) is 4.41. The van der Waals surface area contributed by atoms with Gasteiger partial charge in [0.25, 0.3) is 0 Å². The highest BCUT2D eigenvalue weighted by molar-refractivity contribution is 7.86. The third kappa shape index (κ3) is 4.14. The first-order valence-corrected chi connectivity index (χ1v) is 7.29. The van der Waals surface area contributed by atoms with Gasteiger partial charge >= 0.3 is 0 Å². The summed E-state index contributed by atoms with van der Waals surface area (Å²) in [5.74, 6) is -0.250. The molecule has 1 rings (SSSR count). The Morgan fingerprint density at radius 1 is 1.50 bits per heavy atom. The van der Waals surface area contributed by atoms with Crippen LogP contribution in [-0.4, -0.2) is 21.9 Å². The van der Waals surface area contributed by atoms with Crippen LogP contribution in [0.4, 0.5) is 5.69 Å². The minimum atomic E-state index is -1.39. The van der Waals surface area contributed by atoms with Crippen molar-refractivity contribution in [3.63, 3.8) is 0 Å². The predicted molar refractivity (Wildman–Crippen MR) is 74.8 cm³/mol. The van der Waals surface area contributed by atoms with Crippen molar-refractivity contribution in [1.82, 2.24) is 5.32 Å². The normalized spacial score (nSPS) is 13.9. The monoisotopic (exact) mass is 268 g/mol. The molecule has 4 nitrogen and oxygen atoms in total. The first-order valence-electron chi connectivity index (χ1n) is 5.98. The molecule has 3 N–H and O–H groups in total. The van der Waals surface area contributed by atoms with E-state index in [1.165, 1.54) is 0 Å². The molecule has 1 amide bonds. The van der Waals surface area contributed by atoms with Gasteiger partial charge in [0, 0.05) is 11.7 Å². The lowest BCUT2D eigenvalue weighted by molar-refractivity contribution is -0.119. The van der Waals surface area contributed by atoms with Gasteiger partial charge in [0.2, 0.25) is 5.91 Å². The van der Waals surface area contributed by atoms with Crippen molar-refractivity contribution in [2.45, 2.75) is 38.1 Å². The Morgan fingerprint density at radius 3 is 2.72 bits per heavy atom. The standard InChI is InChI=1S/C13H20N2O2S/c1-4-10(3)15-13(16)8-18(17)12-6-5-9(2)7-11(12)14/h5-7,10H,4,8,14H2,1-3H3,(H,15,16). The molecule has 2 unspecified atom stereocenters. The van der Waals surface area contributed by atoms with Gasteiger partial charge in [-0.15, -0.1) is 0 Å². The lowest BCUT2D eigenvalue weighted by Crippen LogP contribution is -2.35. The van der Waals surface area contributed by atoms with E-state index in [1.54, 1.807) is 12.1 Å². The highest BCUT2D eigenvalue weighted by atomic mass is 32.2. The molecule has 2 atom stereocenters. The molecule has 0 aliphatic heterocycles. The number of carbonyl (C=O) groups excluding carboxylic acids is 1. The average molecular weight is 268 g/mol. The van der Waals surface area contributed by atoms with E-state index in [1.807, 2.05) is 26.8 Å². The number of anilines is 1. The maximum Gasteiger partial charge on any atom is 0.233 e. The molecule has 1 aromatic rings. The fourth-order valence-corrected chi connectivity index (χ4v) is 2.51. The summed E-state index contributed by atoms with van der Waals surface area (Å²) in [5, 5.41) is 2.79. The van der Waals surface area contributed by atoms with Gasteiger partial charge in [-0.05, 0) is 38.0 Å². The molecule has 5 heteroatoms. The van der Waals surface area contributed by atoms with E-state index in [0.717, 1.165) is 12.0 Å². The van der Waals surface area contributed by atoms with Crippen molar-refractivity contribution in [3.05, 3.63) is 23.8 Å². The summed E-state index contributed by atoms with van der Waals surface area (Å²) in [7, 11) is -1.39. The van der Waals surface area contributed by atoms with E-state index in [2.05, 4.69) is 5.32 Å². The van der Waals surface area contributed by atoms with Crippen LogP contribution in [0.2, 0.25) is 0 Å². The Balaban J connectivity index is 2.68. The summed E-state index contributed by atoms with van der Waals surface area (Å²) >= 11 is 0. The minimum Gasteiger partial charge on any atom is -0.398 e. The first-order chi connectivity index (χ1) is 8.43. The summed E-state index contributed by atoms with van der Waals surface area (Å²) in [6, 6.07) is 5.43. The van der Waals surface area contributed by atoms with Crippen LogP contribution in [-0.2, 0) is 15.6 Å². The number of hydrogen-bond acceptors (Lipinski definition) is 3. The topological polar surface area (TPSA) is 72.2 Å². The maximum atomic E-state index is 12.0. The molecule has 0 aliphatic rings. The van der Waals surface area contributed by atoms with E-state index in [9.17, 15) is 9.00 Å². The summed E-state index contributed by atoms with van der Waals surface area (Å²) in [4.78, 5) is 12.2. The molecule has 18 heavy (non-hydrogen) atoms. The largest absolute Gasteiger partial charge is 0.398 e. The molecule has 0 aromatic heterocycles. The zero-order valence-corrected chi connectivity index (χ0v) is 11.8. The van der Waals surface area contributed by atoms with Crippen LogP contribution in [0.25, 0.3) is 0 Å². The lowest BCUT2D eigenvalue weighted by atomic mass is 10.2. The van der Waals surface area contributed by atoms with E-state index in [-0.39, 0.29) is 17.7 Å². The minimum absolute atomic E-state index is 0.0440. The second-order valence-corrected chi connectivity index (χ2v) is 5.83. The van der Waals surface area contributed by atoms with Crippen LogP contribution in [0, 0.1) is 6.92 Å². The summed E-state index contributed by atoms with van der Waals surface area (Å²) in [6.45, 7) is 5.82. The van der Waals surface area contributed by atoms with Crippen molar-refractivity contribution in [2.75, 3.05) is 11.5 Å². The first kappa shape index (κ1) is 14.7. The Kier molecular flexibility index (Phi) is 5.34. The third-order valence-electron chi connectivity index (χ3n) is 2.69. The lowest BCUT2D eigenvalue weighted by Gasteiger charge is -2.11. The van der Waals surface area contributed by atoms with Gasteiger partial charge < -0.3 is 11.1 Å². The van der Waals surface area contributed by atoms with Crippen LogP contribution >= 0.6 is 0 Å². The maximum absolute atomic E-state index is 12.0. The van der Waals surface area contributed by atoms with Crippen molar-refractivity contribution in [2.24, 2.45) is 0 Å². The summed E-state index contributed by atoms with van der Waals surface area (Å²) in [5.41, 5.74) is 7.29. The number of nitrogen functional groups attached to an aromatic ring is 1. The molecule has 0 spiro atoms. The second kappa shape index (κ2) is 6.54. The van der Waals surface area contributed by atoms with Crippen molar-refractivity contribution in [3.8, 4) is 0 Å². The molecule has 0 heterocycles. The average Bonchev–Trinajstić information content (AvgIpc) is 2.28. The molecule has 0 bridgehead atoms. The molecule has 0 radical (unpaired) electrons. The van der Waals surface area contributed by atoms with Crippen LogP contribution in [0.15, 0.2) is 23.1 Å². The Bertz CT molecular complexity index is 460. The molecule has 0 saturated heterocycles. The van der Waals surface area contributed by atoms with E-state index in [0.29, 0.717) is 10.6 Å². The van der Waals surface area contributed by atoms with E-state index >= 15 is 0 Å². The highest BCUT2D eigenvalue weighted by Crippen LogP contribution is 2.17. The zero-order valence-electron chi connectivity index (χ0n) is 11.0. The zero-order chi connectivity index (χ0) is 13.7. The van der Waals surface area contributed by atoms with Gasteiger partial charge in [0.1, 0.15) is 5.75 Å².